The van der Waals surface area contributed by atoms with Gasteiger partial charge in [-0.3, -0.25) is 39.6 Å². The number of imide groups is 2. The van der Waals surface area contributed by atoms with E-state index in [0.717, 1.165) is 11.1 Å². The van der Waals surface area contributed by atoms with Crippen molar-refractivity contribution in [1.29, 1.82) is 0 Å². The molecule has 0 spiro atoms. The minimum absolute atomic E-state index is 0.141. The maximum atomic E-state index is 15.1. The first-order chi connectivity index (χ1) is 30.4. The number of nitrogens with two attached hydrogens (primary N) is 2. The van der Waals surface area contributed by atoms with Crippen LogP contribution in [0.3, 0.4) is 0 Å². The Morgan fingerprint density at radius 3 is 1.48 bits per heavy atom. The minimum Gasteiger partial charge on any atom is -0.465 e. The van der Waals surface area contributed by atoms with Crippen LogP contribution in [0.2, 0.25) is 0 Å². The molecule has 5 aliphatic carbocycles. The van der Waals surface area contributed by atoms with E-state index in [1.165, 1.54) is 0 Å². The number of rotatable bonds is 11. The van der Waals surface area contributed by atoms with Crippen LogP contribution in [0.25, 0.3) is 0 Å². The molecule has 2 heterocycles. The molecule has 9 atom stereocenters. The molecule has 3 aromatic carbocycles. The van der Waals surface area contributed by atoms with Crippen LogP contribution >= 0.6 is 0 Å². The smallest absolute Gasteiger partial charge is 0.411 e. The molecule has 346 valence electrons. The number of carbonyl (C=O) groups is 6. The maximum absolute atomic E-state index is 15.1. The van der Waals surface area contributed by atoms with E-state index in [1.54, 1.807) is 0 Å². The van der Waals surface area contributed by atoms with Gasteiger partial charge in [-0.15, -0.1) is 0 Å². The standard InChI is InChI=1S/C51H64N6O8/c1-45(2,3)30-12-18-33(19-13-30)49(7)36(37-10-8-26-56(37)50(41(60)54-43(62)63)34-20-14-31(15-21-34)47(50,5)28-39(52)58)24-25-46(49,4)38-11-9-27-57(38)51(42(61)55-44(64)65)35-22-16-32(17-23-35)48(51,6)29-40(53)59/h12-23,36-38H,8-11,24-29H2,1-7H3,(H2,52,58)(H2,53,59)(H,54,60)(H,55,61)(H,62,63)(H,64,65)/t36?,37?,38?,46?,47?,48?,49?,50-,51-/m1/s1. The Balaban J connectivity index is 1.34. The Morgan fingerprint density at radius 2 is 1.03 bits per heavy atom. The number of fused-ring (bicyclic) bond motifs is 6. The van der Waals surface area contributed by atoms with Gasteiger partial charge in [0.05, 0.1) is 0 Å². The van der Waals surface area contributed by atoms with E-state index in [4.69, 9.17) is 11.5 Å². The summed E-state index contributed by atoms with van der Waals surface area (Å²) in [5, 5.41) is 24.8. The quantitative estimate of drug-likeness (QED) is 0.127. The summed E-state index contributed by atoms with van der Waals surface area (Å²) in [5.74, 6) is -2.85. The second kappa shape index (κ2) is 15.5. The Bertz CT molecular complexity index is 2450. The van der Waals surface area contributed by atoms with Gasteiger partial charge in [-0.25, -0.2) is 9.59 Å². The average Bonchev–Trinajstić information content (AvgIpc) is 3.97. The lowest BCUT2D eigenvalue weighted by Gasteiger charge is -2.61. The van der Waals surface area contributed by atoms with E-state index in [9.17, 15) is 29.4 Å². The summed E-state index contributed by atoms with van der Waals surface area (Å²) in [7, 11) is 0. The van der Waals surface area contributed by atoms with Crippen LogP contribution in [0.4, 0.5) is 9.59 Å². The predicted octanol–water partition coefficient (Wildman–Crippen LogP) is 6.26. The largest absolute Gasteiger partial charge is 0.465 e. The van der Waals surface area contributed by atoms with Crippen LogP contribution in [0.15, 0.2) is 72.8 Å². The van der Waals surface area contributed by atoms with E-state index in [2.05, 4.69) is 79.3 Å². The summed E-state index contributed by atoms with van der Waals surface area (Å²) < 4.78 is 0. The van der Waals surface area contributed by atoms with Gasteiger partial charge in [-0.2, -0.15) is 0 Å². The van der Waals surface area contributed by atoms with Crippen molar-refractivity contribution in [2.75, 3.05) is 13.1 Å². The van der Waals surface area contributed by atoms with Gasteiger partial charge >= 0.3 is 12.2 Å². The summed E-state index contributed by atoms with van der Waals surface area (Å²) in [5.41, 5.74) is 9.67. The number of carbonyl (C=O) groups excluding carboxylic acids is 4. The lowest BCUT2D eigenvalue weighted by atomic mass is 9.52. The van der Waals surface area contributed by atoms with E-state index in [1.807, 2.05) is 62.4 Å². The summed E-state index contributed by atoms with van der Waals surface area (Å²) in [6, 6.07) is 23.1. The highest BCUT2D eigenvalue weighted by Crippen LogP contribution is 2.67. The zero-order chi connectivity index (χ0) is 47.3. The number of nitrogens with one attached hydrogen (secondary N) is 2. The number of carboxylic acid groups (broad SMARTS) is 2. The lowest BCUT2D eigenvalue weighted by Crippen LogP contribution is -2.72. The second-order valence-electron chi connectivity index (χ2n) is 21.4. The molecule has 3 aromatic rings. The van der Waals surface area contributed by atoms with Gasteiger partial charge in [0.15, 0.2) is 0 Å². The van der Waals surface area contributed by atoms with Crippen molar-refractivity contribution < 1.29 is 39.0 Å². The second-order valence-corrected chi connectivity index (χ2v) is 21.4. The molecule has 8 N–H and O–H groups in total. The van der Waals surface area contributed by atoms with Gasteiger partial charge in [0.1, 0.15) is 11.1 Å². The Hall–Kier alpha value is -5.60. The molecule has 3 fully saturated rings. The SMILES string of the molecule is CC(C)(C)c1ccc(C2(C)C(C3CCCN3[C@@]3(C(=O)NC(=O)O)c4ccc(cc4)C3(C)CC(N)=O)CCC2(C)C2CCCN2[C@@]2(C(=O)NC(=O)O)c3ccc(cc3)C2(C)CC(N)=O)cc1. The molecule has 1 saturated carbocycles. The fourth-order valence-electron chi connectivity index (χ4n) is 14.6. The summed E-state index contributed by atoms with van der Waals surface area (Å²) in [6.45, 7) is 15.7. The molecule has 0 aromatic heterocycles. The van der Waals surface area contributed by atoms with Crippen LogP contribution in [-0.2, 0) is 51.9 Å². The highest BCUT2D eigenvalue weighted by molar-refractivity contribution is 6.01. The predicted molar refractivity (Wildman–Crippen MR) is 244 cm³/mol. The normalized spacial score (nSPS) is 34.1. The summed E-state index contributed by atoms with van der Waals surface area (Å²) in [6.07, 6.45) is 0.742. The van der Waals surface area contributed by atoms with Gasteiger partial charge in [0.25, 0.3) is 11.8 Å². The van der Waals surface area contributed by atoms with Gasteiger partial charge in [0.2, 0.25) is 11.8 Å². The third kappa shape index (κ3) is 6.32. The number of hydrogen-bond acceptors (Lipinski definition) is 8. The number of amides is 6. The van der Waals surface area contributed by atoms with Crippen molar-refractivity contribution in [2.45, 2.75) is 145 Å². The summed E-state index contributed by atoms with van der Waals surface area (Å²) in [4.78, 5) is 85.6. The molecular formula is C51H64N6O8. The van der Waals surface area contributed by atoms with Gasteiger partial charge in [0, 0.05) is 41.2 Å². The number of nitrogens with zero attached hydrogens (tertiary/aromatic N) is 2. The van der Waals surface area contributed by atoms with Crippen molar-refractivity contribution in [3.8, 4) is 0 Å². The van der Waals surface area contributed by atoms with Gasteiger partial charge in [-0.05, 0) is 102 Å². The van der Waals surface area contributed by atoms with Crippen LogP contribution < -0.4 is 22.1 Å². The molecule has 14 heteroatoms. The first-order valence-electron chi connectivity index (χ1n) is 23.0. The number of benzene rings is 3. The van der Waals surface area contributed by atoms with Crippen LogP contribution in [0, 0.1) is 11.3 Å². The Morgan fingerprint density at radius 1 is 0.615 bits per heavy atom. The van der Waals surface area contributed by atoms with Crippen LogP contribution in [-0.4, -0.2) is 81.0 Å². The zero-order valence-corrected chi connectivity index (χ0v) is 38.6. The molecule has 2 aliphatic heterocycles. The molecule has 10 rings (SSSR count). The molecule has 7 unspecified atom stereocenters. The number of likely N-dealkylation sites (tertiary alicyclic amines) is 2. The summed E-state index contributed by atoms with van der Waals surface area (Å²) >= 11 is 0. The third-order valence-corrected chi connectivity index (χ3v) is 17.5. The Labute approximate surface area is 380 Å². The van der Waals surface area contributed by atoms with Crippen molar-refractivity contribution in [1.82, 2.24) is 20.4 Å². The van der Waals surface area contributed by atoms with E-state index in [-0.39, 0.29) is 36.3 Å². The fraction of sp³-hybridized carbons (Fsp3) is 0.529. The first-order valence-corrected chi connectivity index (χ1v) is 23.0. The highest BCUT2D eigenvalue weighted by Gasteiger charge is 2.71. The zero-order valence-electron chi connectivity index (χ0n) is 38.6. The fourth-order valence-corrected chi connectivity index (χ4v) is 14.6. The highest BCUT2D eigenvalue weighted by atomic mass is 16.4. The van der Waals surface area contributed by atoms with E-state index >= 15 is 9.59 Å². The van der Waals surface area contributed by atoms with Gasteiger partial charge < -0.3 is 21.7 Å². The third-order valence-electron chi connectivity index (χ3n) is 17.5. The van der Waals surface area contributed by atoms with E-state index < -0.39 is 68.6 Å². The molecule has 2 saturated heterocycles. The van der Waals surface area contributed by atoms with Crippen molar-refractivity contribution in [2.24, 2.45) is 22.8 Å². The minimum atomic E-state index is -1.62. The number of hydrogen-bond donors (Lipinski definition) is 6. The first kappa shape index (κ1) is 45.9. The molecule has 14 nitrogen and oxygen atoms in total. The molecule has 65 heavy (non-hydrogen) atoms. The molecule has 7 aliphatic rings. The topological polar surface area (TPSA) is 225 Å². The van der Waals surface area contributed by atoms with Crippen LogP contribution in [0.1, 0.15) is 133 Å². The molecule has 4 bridgehead atoms. The average molecular weight is 889 g/mol. The molecule has 6 amide bonds. The monoisotopic (exact) mass is 888 g/mol. The van der Waals surface area contributed by atoms with E-state index in [0.29, 0.717) is 73.9 Å². The number of primary amides is 2. The van der Waals surface area contributed by atoms with Crippen molar-refractivity contribution in [3.63, 3.8) is 0 Å². The Kier molecular flexibility index (Phi) is 11.0. The van der Waals surface area contributed by atoms with Crippen molar-refractivity contribution in [3.05, 3.63) is 106 Å². The maximum Gasteiger partial charge on any atom is 0.411 e. The van der Waals surface area contributed by atoms with Gasteiger partial charge in [-0.1, -0.05) is 121 Å². The molecular weight excluding hydrogens is 825 g/mol. The molecule has 0 radical (unpaired) electrons. The van der Waals surface area contributed by atoms with Crippen molar-refractivity contribution >= 4 is 35.8 Å². The van der Waals surface area contributed by atoms with Crippen LogP contribution in [0.5, 0.6) is 0 Å². The lowest BCUT2D eigenvalue weighted by molar-refractivity contribution is -0.148.